The zero-order chi connectivity index (χ0) is 28.2. The number of aliphatic hydroxyl groups excluding tert-OH is 1. The van der Waals surface area contributed by atoms with Crippen LogP contribution >= 0.6 is 0 Å². The minimum absolute atomic E-state index is 0.134. The number of nitrogens with zero attached hydrogens (tertiary/aromatic N) is 6. The van der Waals surface area contributed by atoms with E-state index < -0.39 is 17.4 Å². The number of hydrogen-bond donors (Lipinski definition) is 1. The fourth-order valence-corrected chi connectivity index (χ4v) is 6.41. The van der Waals surface area contributed by atoms with E-state index in [0.29, 0.717) is 36.6 Å². The normalized spacial score (nSPS) is 22.9. The van der Waals surface area contributed by atoms with Gasteiger partial charge in [-0.25, -0.2) is 4.79 Å². The lowest BCUT2D eigenvalue weighted by Crippen LogP contribution is -2.34. The summed E-state index contributed by atoms with van der Waals surface area (Å²) >= 11 is 0. The van der Waals surface area contributed by atoms with Crippen LogP contribution in [0.25, 0.3) is 11.2 Å². The molecule has 1 N–H and O–H groups in total. The van der Waals surface area contributed by atoms with Crippen molar-refractivity contribution in [1.82, 2.24) is 28.6 Å². The summed E-state index contributed by atoms with van der Waals surface area (Å²) < 4.78 is 47.0. The first-order chi connectivity index (χ1) is 19.1. The van der Waals surface area contributed by atoms with Gasteiger partial charge in [-0.05, 0) is 73.4 Å². The molecule has 2 atom stereocenters. The number of fused-ring (bicyclic) bond motifs is 1. The van der Waals surface area contributed by atoms with Gasteiger partial charge >= 0.3 is 11.9 Å². The lowest BCUT2D eigenvalue weighted by molar-refractivity contribution is -0.136. The van der Waals surface area contributed by atoms with E-state index in [9.17, 15) is 23.1 Å². The molecule has 1 saturated carbocycles. The van der Waals surface area contributed by atoms with Crippen molar-refractivity contribution in [2.45, 2.75) is 57.3 Å². The van der Waals surface area contributed by atoms with Crippen LogP contribution in [-0.2, 0) is 19.8 Å². The van der Waals surface area contributed by atoms with Gasteiger partial charge in [-0.2, -0.15) is 13.2 Å². The molecule has 1 aromatic carbocycles. The van der Waals surface area contributed by atoms with Gasteiger partial charge in [-0.3, -0.25) is 13.9 Å². The number of pyridine rings is 1. The molecule has 212 valence electrons. The Labute approximate surface area is 229 Å². The Hall–Kier alpha value is -3.44. The van der Waals surface area contributed by atoms with E-state index in [2.05, 4.69) is 22.0 Å². The fraction of sp³-hybridized carbons (Fsp3) is 0.483. The van der Waals surface area contributed by atoms with E-state index in [4.69, 9.17) is 0 Å². The molecule has 4 heterocycles. The zero-order valence-corrected chi connectivity index (χ0v) is 22.6. The van der Waals surface area contributed by atoms with Crippen molar-refractivity contribution in [2.75, 3.05) is 13.1 Å². The zero-order valence-electron chi connectivity index (χ0n) is 22.6. The number of alkyl halides is 3. The summed E-state index contributed by atoms with van der Waals surface area (Å²) in [5, 5.41) is 18.3. The molecule has 40 heavy (non-hydrogen) atoms. The third-order valence-electron chi connectivity index (χ3n) is 8.43. The monoisotopic (exact) mass is 554 g/mol. The average molecular weight is 555 g/mol. The topological polar surface area (TPSA) is 80.6 Å². The molecule has 1 aliphatic heterocycles. The highest BCUT2D eigenvalue weighted by Crippen LogP contribution is 2.43. The second-order valence-corrected chi connectivity index (χ2v) is 11.5. The van der Waals surface area contributed by atoms with Crippen molar-refractivity contribution in [3.63, 3.8) is 0 Å². The summed E-state index contributed by atoms with van der Waals surface area (Å²) in [7, 11) is 1.85. The lowest BCUT2D eigenvalue weighted by atomic mass is 9.71. The molecule has 0 unspecified atom stereocenters. The molecule has 0 radical (unpaired) electrons. The summed E-state index contributed by atoms with van der Waals surface area (Å²) in [4.78, 5) is 15.8. The van der Waals surface area contributed by atoms with Crippen LogP contribution in [0.4, 0.5) is 13.2 Å². The smallest absolute Gasteiger partial charge is 0.393 e. The van der Waals surface area contributed by atoms with Crippen LogP contribution in [0.5, 0.6) is 0 Å². The molecule has 1 saturated heterocycles. The van der Waals surface area contributed by atoms with Crippen molar-refractivity contribution in [3.8, 4) is 5.69 Å². The standard InChI is InChI=1S/C29H33F3N6O2/c1-18-5-4-8-36(13-18)14-19-9-24(29(30,31)32)25-16-37(28(40)38(25)15-19)22-7-3-6-20(10-22)26(21-11-23(39)12-21)27-34-33-17-35(27)2/h3,6-7,9-10,15-18,21,23,26,39H,4-5,8,11-14H2,1-2H3/t18-,21?,23?,26+/m0/s1. The Morgan fingerprint density at radius 1 is 1.18 bits per heavy atom. The van der Waals surface area contributed by atoms with Crippen LogP contribution < -0.4 is 5.69 Å². The molecule has 4 aromatic rings. The molecule has 3 aromatic heterocycles. The summed E-state index contributed by atoms with van der Waals surface area (Å²) in [6.07, 6.45) is 2.82. The van der Waals surface area contributed by atoms with E-state index in [-0.39, 0.29) is 23.5 Å². The minimum Gasteiger partial charge on any atom is -0.393 e. The molecule has 11 heteroatoms. The average Bonchev–Trinajstić information content (AvgIpc) is 3.45. The quantitative estimate of drug-likeness (QED) is 0.383. The molecule has 2 aliphatic rings. The third-order valence-corrected chi connectivity index (χ3v) is 8.43. The molecular formula is C29H33F3N6O2. The molecular weight excluding hydrogens is 521 g/mol. The fourth-order valence-electron chi connectivity index (χ4n) is 6.41. The highest BCUT2D eigenvalue weighted by Gasteiger charge is 2.38. The number of piperidine rings is 1. The van der Waals surface area contributed by atoms with Gasteiger partial charge in [0.05, 0.1) is 22.9 Å². The van der Waals surface area contributed by atoms with Crippen LogP contribution in [0, 0.1) is 11.8 Å². The summed E-state index contributed by atoms with van der Waals surface area (Å²) in [5.41, 5.74) is 0.253. The Bertz CT molecular complexity index is 1580. The maximum Gasteiger partial charge on any atom is 0.418 e. The van der Waals surface area contributed by atoms with E-state index in [0.717, 1.165) is 41.7 Å². The van der Waals surface area contributed by atoms with Gasteiger partial charge in [0, 0.05) is 38.4 Å². The van der Waals surface area contributed by atoms with Gasteiger partial charge in [0.25, 0.3) is 0 Å². The SMILES string of the molecule is C[C@H]1CCCN(Cc2cc(C(F)(F)F)c3cn(-c4cccc([C@@H](c5nncn5C)C5CC(O)C5)c4)c(=O)n3c2)C1. The van der Waals surface area contributed by atoms with Crippen LogP contribution in [-0.4, -0.2) is 52.9 Å². The highest BCUT2D eigenvalue weighted by molar-refractivity contribution is 5.58. The molecule has 1 aliphatic carbocycles. The second-order valence-electron chi connectivity index (χ2n) is 11.5. The van der Waals surface area contributed by atoms with Crippen LogP contribution in [0.3, 0.4) is 0 Å². The molecule has 6 rings (SSSR count). The number of aromatic nitrogens is 5. The van der Waals surface area contributed by atoms with E-state index in [1.54, 1.807) is 24.7 Å². The van der Waals surface area contributed by atoms with Crippen molar-refractivity contribution in [2.24, 2.45) is 18.9 Å². The van der Waals surface area contributed by atoms with Crippen molar-refractivity contribution >= 4 is 5.52 Å². The van der Waals surface area contributed by atoms with E-state index in [1.807, 2.05) is 23.7 Å². The number of likely N-dealkylation sites (tertiary alicyclic amines) is 1. The predicted molar refractivity (Wildman–Crippen MR) is 143 cm³/mol. The third kappa shape index (κ3) is 4.96. The highest BCUT2D eigenvalue weighted by atomic mass is 19.4. The number of benzene rings is 1. The van der Waals surface area contributed by atoms with Crippen LogP contribution in [0.2, 0.25) is 0 Å². The van der Waals surface area contributed by atoms with Crippen LogP contribution in [0.15, 0.2) is 53.8 Å². The van der Waals surface area contributed by atoms with Gasteiger partial charge < -0.3 is 9.67 Å². The first kappa shape index (κ1) is 26.8. The second kappa shape index (κ2) is 10.2. The number of imidazole rings is 1. The van der Waals surface area contributed by atoms with Crippen molar-refractivity contribution < 1.29 is 18.3 Å². The number of aliphatic hydroxyl groups is 1. The van der Waals surface area contributed by atoms with Crippen LogP contribution in [0.1, 0.15) is 61.0 Å². The first-order valence-corrected chi connectivity index (χ1v) is 13.8. The number of aryl methyl sites for hydroxylation is 1. The molecule has 8 nitrogen and oxygen atoms in total. The number of hydrogen-bond acceptors (Lipinski definition) is 5. The van der Waals surface area contributed by atoms with Crippen molar-refractivity contribution in [1.29, 1.82) is 0 Å². The van der Waals surface area contributed by atoms with Gasteiger partial charge in [-0.1, -0.05) is 19.1 Å². The molecule has 0 bridgehead atoms. The van der Waals surface area contributed by atoms with E-state index in [1.165, 1.54) is 16.8 Å². The van der Waals surface area contributed by atoms with Gasteiger partial charge in [0.15, 0.2) is 0 Å². The van der Waals surface area contributed by atoms with Gasteiger partial charge in [0.2, 0.25) is 0 Å². The largest absolute Gasteiger partial charge is 0.418 e. The van der Waals surface area contributed by atoms with Gasteiger partial charge in [0.1, 0.15) is 12.2 Å². The van der Waals surface area contributed by atoms with E-state index >= 15 is 0 Å². The maximum absolute atomic E-state index is 14.2. The predicted octanol–water partition coefficient (Wildman–Crippen LogP) is 4.37. The summed E-state index contributed by atoms with van der Waals surface area (Å²) in [5.74, 6) is 1.19. The Balaban J connectivity index is 1.42. The Morgan fingerprint density at radius 3 is 2.65 bits per heavy atom. The minimum atomic E-state index is -4.61. The number of rotatable bonds is 6. The Morgan fingerprint density at radius 2 is 1.98 bits per heavy atom. The Kier molecular flexibility index (Phi) is 6.82. The van der Waals surface area contributed by atoms with Gasteiger partial charge in [-0.15, -0.1) is 10.2 Å². The van der Waals surface area contributed by atoms with Crippen molar-refractivity contribution in [3.05, 3.63) is 82.1 Å². The number of halogens is 3. The summed E-state index contributed by atoms with van der Waals surface area (Å²) in [6, 6.07) is 8.45. The first-order valence-electron chi connectivity index (χ1n) is 13.8. The maximum atomic E-state index is 14.2. The molecule has 0 amide bonds. The lowest BCUT2D eigenvalue weighted by Gasteiger charge is -2.37. The molecule has 2 fully saturated rings. The summed E-state index contributed by atoms with van der Waals surface area (Å²) in [6.45, 7) is 4.17. The molecule has 0 spiro atoms.